The zero-order valence-electron chi connectivity index (χ0n) is 16.1. The maximum absolute atomic E-state index is 13.0. The fourth-order valence-electron chi connectivity index (χ4n) is 3.60. The van der Waals surface area contributed by atoms with Crippen molar-refractivity contribution in [3.8, 4) is 0 Å². The van der Waals surface area contributed by atoms with E-state index in [0.717, 1.165) is 16.5 Å². The third kappa shape index (κ3) is 3.74. The number of hydrogen-bond donors (Lipinski definition) is 2. The van der Waals surface area contributed by atoms with Crippen molar-refractivity contribution in [2.45, 2.75) is 17.9 Å². The molecule has 2 N–H and O–H groups in total. The van der Waals surface area contributed by atoms with Gasteiger partial charge in [0, 0.05) is 24.9 Å². The molecule has 0 radical (unpaired) electrons. The topological polar surface area (TPSA) is 107 Å². The molecule has 0 unspecified atom stereocenters. The van der Waals surface area contributed by atoms with Gasteiger partial charge < -0.3 is 10.4 Å². The molecule has 0 atom stereocenters. The highest BCUT2D eigenvalue weighted by molar-refractivity contribution is 7.89. The highest BCUT2D eigenvalue weighted by atomic mass is 32.2. The van der Waals surface area contributed by atoms with Crippen LogP contribution in [-0.4, -0.2) is 54.2 Å². The first-order valence-electron chi connectivity index (χ1n) is 9.52. The molecule has 0 aromatic heterocycles. The van der Waals surface area contributed by atoms with E-state index < -0.39 is 21.8 Å². The standard InChI is InChI=1S/C21H21N3O5S/c25-12-11-24-20(26)13-19(21(24)27)22-17-5-7-18(8-6-17)30(28,29)23-10-9-15-3-1-2-4-16(15)14-23/h1-8,13,22,25H,9-12,14H2. The summed E-state index contributed by atoms with van der Waals surface area (Å²) in [5.74, 6) is -1.03. The van der Waals surface area contributed by atoms with E-state index in [2.05, 4.69) is 5.32 Å². The van der Waals surface area contributed by atoms with Gasteiger partial charge in [-0.05, 0) is 41.8 Å². The van der Waals surface area contributed by atoms with E-state index >= 15 is 0 Å². The highest BCUT2D eigenvalue weighted by Crippen LogP contribution is 2.26. The number of rotatable bonds is 6. The average molecular weight is 427 g/mol. The van der Waals surface area contributed by atoms with Gasteiger partial charge in [-0.2, -0.15) is 4.31 Å². The molecule has 9 heteroatoms. The van der Waals surface area contributed by atoms with Crippen LogP contribution in [0.15, 0.2) is 65.2 Å². The minimum absolute atomic E-state index is 0.0739. The number of amides is 2. The Bertz CT molecular complexity index is 1130. The number of fused-ring (bicyclic) bond motifs is 1. The van der Waals surface area contributed by atoms with Crippen LogP contribution >= 0.6 is 0 Å². The van der Waals surface area contributed by atoms with Gasteiger partial charge in [-0.1, -0.05) is 24.3 Å². The van der Waals surface area contributed by atoms with Crippen LogP contribution in [0.1, 0.15) is 11.1 Å². The first kappa shape index (κ1) is 20.3. The lowest BCUT2D eigenvalue weighted by atomic mass is 10.0. The summed E-state index contributed by atoms with van der Waals surface area (Å²) in [5, 5.41) is 11.8. The van der Waals surface area contributed by atoms with Gasteiger partial charge in [0.2, 0.25) is 10.0 Å². The van der Waals surface area contributed by atoms with Gasteiger partial charge in [0.05, 0.1) is 18.0 Å². The monoisotopic (exact) mass is 427 g/mol. The number of anilines is 1. The molecule has 2 aromatic rings. The number of nitrogens with zero attached hydrogens (tertiary/aromatic N) is 2. The second-order valence-corrected chi connectivity index (χ2v) is 9.02. The lowest BCUT2D eigenvalue weighted by Gasteiger charge is -2.28. The molecule has 0 saturated carbocycles. The van der Waals surface area contributed by atoms with Gasteiger partial charge in [0.25, 0.3) is 11.8 Å². The third-order valence-corrected chi connectivity index (χ3v) is 7.06. The van der Waals surface area contributed by atoms with Gasteiger partial charge in [0.1, 0.15) is 5.70 Å². The van der Waals surface area contributed by atoms with Crippen molar-refractivity contribution >= 4 is 27.5 Å². The second-order valence-electron chi connectivity index (χ2n) is 7.08. The fourth-order valence-corrected chi connectivity index (χ4v) is 5.02. The van der Waals surface area contributed by atoms with Crippen LogP contribution in [0.4, 0.5) is 5.69 Å². The molecule has 2 aliphatic heterocycles. The van der Waals surface area contributed by atoms with Gasteiger partial charge in [-0.15, -0.1) is 0 Å². The van der Waals surface area contributed by atoms with E-state index in [1.807, 2.05) is 24.3 Å². The lowest BCUT2D eigenvalue weighted by Crippen LogP contribution is -2.35. The van der Waals surface area contributed by atoms with Gasteiger partial charge in [-0.25, -0.2) is 8.42 Å². The molecule has 8 nitrogen and oxygen atoms in total. The Morgan fingerprint density at radius 3 is 2.40 bits per heavy atom. The zero-order valence-corrected chi connectivity index (χ0v) is 16.9. The van der Waals surface area contributed by atoms with Crippen molar-refractivity contribution in [2.24, 2.45) is 0 Å². The van der Waals surface area contributed by atoms with Crippen LogP contribution < -0.4 is 5.32 Å². The quantitative estimate of drug-likeness (QED) is 0.669. The number of aliphatic hydroxyl groups excluding tert-OH is 1. The smallest absolute Gasteiger partial charge is 0.277 e. The summed E-state index contributed by atoms with van der Waals surface area (Å²) in [6, 6.07) is 13.9. The van der Waals surface area contributed by atoms with Gasteiger partial charge in [0.15, 0.2) is 0 Å². The summed E-state index contributed by atoms with van der Waals surface area (Å²) in [6.45, 7) is 0.369. The van der Waals surface area contributed by atoms with Crippen LogP contribution in [0.2, 0.25) is 0 Å². The number of benzene rings is 2. The van der Waals surface area contributed by atoms with Crippen LogP contribution in [0.3, 0.4) is 0 Å². The molecular weight excluding hydrogens is 406 g/mol. The molecule has 0 bridgehead atoms. The molecule has 2 aliphatic rings. The van der Waals surface area contributed by atoms with Crippen molar-refractivity contribution < 1.29 is 23.1 Å². The Morgan fingerprint density at radius 2 is 1.70 bits per heavy atom. The molecule has 0 spiro atoms. The number of nitrogens with one attached hydrogen (secondary N) is 1. The normalized spacial score (nSPS) is 17.1. The average Bonchev–Trinajstić information content (AvgIpc) is 3.01. The maximum atomic E-state index is 13.0. The van der Waals surface area contributed by atoms with Crippen molar-refractivity contribution in [2.75, 3.05) is 25.0 Å². The second kappa shape index (κ2) is 8.02. The number of carbonyl (C=O) groups excluding carboxylic acids is 2. The summed E-state index contributed by atoms with van der Waals surface area (Å²) in [6.07, 6.45) is 1.83. The van der Waals surface area contributed by atoms with E-state index in [-0.39, 0.29) is 23.7 Å². The number of hydrogen-bond acceptors (Lipinski definition) is 6. The highest BCUT2D eigenvalue weighted by Gasteiger charge is 2.31. The van der Waals surface area contributed by atoms with Gasteiger partial charge in [-0.3, -0.25) is 14.5 Å². The lowest BCUT2D eigenvalue weighted by molar-refractivity contribution is -0.137. The summed E-state index contributed by atoms with van der Waals surface area (Å²) in [5.41, 5.74) is 2.74. The molecule has 0 aliphatic carbocycles. The summed E-state index contributed by atoms with van der Waals surface area (Å²) in [7, 11) is -3.65. The number of imide groups is 1. The van der Waals surface area contributed by atoms with Crippen LogP contribution in [0, 0.1) is 0 Å². The van der Waals surface area contributed by atoms with Crippen LogP contribution in [-0.2, 0) is 32.6 Å². The van der Waals surface area contributed by atoms with Crippen molar-refractivity contribution in [1.82, 2.24) is 9.21 Å². The molecule has 2 aromatic carbocycles. The number of sulfonamides is 1. The molecule has 156 valence electrons. The summed E-state index contributed by atoms with van der Waals surface area (Å²) in [4.78, 5) is 25.1. The van der Waals surface area contributed by atoms with Crippen molar-refractivity contribution in [3.63, 3.8) is 0 Å². The molecule has 2 heterocycles. The Morgan fingerprint density at radius 1 is 1.00 bits per heavy atom. The predicted molar refractivity (Wildman–Crippen MR) is 110 cm³/mol. The molecule has 2 amide bonds. The Labute approximate surface area is 174 Å². The molecule has 0 fully saturated rings. The minimum Gasteiger partial charge on any atom is -0.395 e. The Kier molecular flexibility index (Phi) is 5.42. The summed E-state index contributed by atoms with van der Waals surface area (Å²) < 4.78 is 27.5. The number of aliphatic hydroxyl groups is 1. The minimum atomic E-state index is -3.65. The van der Waals surface area contributed by atoms with E-state index in [1.54, 1.807) is 12.1 Å². The maximum Gasteiger partial charge on any atom is 0.277 e. The Hall–Kier alpha value is -3.01. The van der Waals surface area contributed by atoms with E-state index in [1.165, 1.54) is 22.0 Å². The Balaban J connectivity index is 1.48. The zero-order chi connectivity index (χ0) is 21.3. The van der Waals surface area contributed by atoms with Crippen LogP contribution in [0.5, 0.6) is 0 Å². The largest absolute Gasteiger partial charge is 0.395 e. The first-order chi connectivity index (χ1) is 14.4. The third-order valence-electron chi connectivity index (χ3n) is 5.20. The molecule has 30 heavy (non-hydrogen) atoms. The molecule has 4 rings (SSSR count). The fraction of sp³-hybridized carbons (Fsp3) is 0.238. The van der Waals surface area contributed by atoms with E-state index in [0.29, 0.717) is 25.2 Å². The van der Waals surface area contributed by atoms with Crippen molar-refractivity contribution in [3.05, 3.63) is 71.4 Å². The van der Waals surface area contributed by atoms with Crippen LogP contribution in [0.25, 0.3) is 0 Å². The SMILES string of the molecule is O=C1C=C(Nc2ccc(S(=O)(=O)N3CCc4ccccc4C3)cc2)C(=O)N1CCO. The predicted octanol–water partition coefficient (Wildman–Crippen LogP) is 1.09. The molecular formula is C21H21N3O5S. The van der Waals surface area contributed by atoms with Crippen molar-refractivity contribution in [1.29, 1.82) is 0 Å². The van der Waals surface area contributed by atoms with E-state index in [4.69, 9.17) is 5.11 Å². The van der Waals surface area contributed by atoms with Gasteiger partial charge >= 0.3 is 0 Å². The summed E-state index contributed by atoms with van der Waals surface area (Å²) >= 11 is 0. The first-order valence-corrected chi connectivity index (χ1v) is 11.0. The van der Waals surface area contributed by atoms with E-state index in [9.17, 15) is 18.0 Å². The number of carbonyl (C=O) groups is 2. The number of β-amino-alcohol motifs (C(OH)–C–C–N with tert-alkyl or cyclic N) is 1. The molecule has 0 saturated heterocycles.